The lowest BCUT2D eigenvalue weighted by Gasteiger charge is -2.23. The maximum Gasteiger partial charge on any atom is 0.193 e. The molecule has 0 unspecified atom stereocenters. The Hall–Kier alpha value is -0.810. The minimum atomic E-state index is 0.774. The molecule has 5 nitrogen and oxygen atoms in total. The van der Waals surface area contributed by atoms with E-state index in [0.717, 1.165) is 51.3 Å². The zero-order chi connectivity index (χ0) is 15.5. The molecule has 0 heterocycles. The van der Waals surface area contributed by atoms with Crippen molar-refractivity contribution in [1.82, 2.24) is 15.1 Å². The lowest BCUT2D eigenvalue weighted by molar-refractivity contribution is 0.145. The van der Waals surface area contributed by atoms with E-state index in [1.165, 1.54) is 25.7 Å². The molecule has 0 saturated heterocycles. The third-order valence-corrected chi connectivity index (χ3v) is 3.84. The minimum Gasteiger partial charge on any atom is -0.383 e. The highest BCUT2D eigenvalue weighted by molar-refractivity contribution is 5.79. The van der Waals surface area contributed by atoms with E-state index >= 15 is 0 Å². The van der Waals surface area contributed by atoms with Crippen LogP contribution in [-0.4, -0.2) is 75.3 Å². The number of nitrogens with zero attached hydrogens (tertiary/aromatic N) is 3. The first-order valence-corrected chi connectivity index (χ1v) is 8.45. The smallest absolute Gasteiger partial charge is 0.193 e. The highest BCUT2D eigenvalue weighted by Gasteiger charge is 2.28. The Bertz CT molecular complexity index is 292. The van der Waals surface area contributed by atoms with Crippen molar-refractivity contribution in [1.29, 1.82) is 0 Å². The summed E-state index contributed by atoms with van der Waals surface area (Å²) in [5, 5.41) is 3.39. The summed E-state index contributed by atoms with van der Waals surface area (Å²) in [6, 6.07) is 0.774. The summed E-state index contributed by atoms with van der Waals surface area (Å²) in [5.41, 5.74) is 0. The SMILES string of the molecule is CCCCN(C)C(=NCCN(CCOC)C1CC1)NCC. The van der Waals surface area contributed by atoms with E-state index in [1.54, 1.807) is 7.11 Å². The lowest BCUT2D eigenvalue weighted by atomic mass is 10.3. The minimum absolute atomic E-state index is 0.774. The molecule has 0 aliphatic heterocycles. The summed E-state index contributed by atoms with van der Waals surface area (Å²) in [5.74, 6) is 1.04. The van der Waals surface area contributed by atoms with E-state index < -0.39 is 0 Å². The second kappa shape index (κ2) is 10.9. The van der Waals surface area contributed by atoms with Crippen LogP contribution < -0.4 is 5.32 Å². The quantitative estimate of drug-likeness (QED) is 0.466. The Kier molecular flexibility index (Phi) is 9.42. The highest BCUT2D eigenvalue weighted by atomic mass is 16.5. The largest absolute Gasteiger partial charge is 0.383 e. The van der Waals surface area contributed by atoms with Gasteiger partial charge in [-0.3, -0.25) is 9.89 Å². The molecule has 0 radical (unpaired) electrons. The molecule has 0 bridgehead atoms. The molecule has 1 saturated carbocycles. The first-order chi connectivity index (χ1) is 10.2. The molecule has 1 aliphatic rings. The molecule has 1 aliphatic carbocycles. The third-order valence-electron chi connectivity index (χ3n) is 3.84. The van der Waals surface area contributed by atoms with Gasteiger partial charge in [0.05, 0.1) is 13.2 Å². The normalized spacial score (nSPS) is 15.6. The summed E-state index contributed by atoms with van der Waals surface area (Å²) in [6.45, 7) is 10.1. The Morgan fingerprint density at radius 2 is 2.00 bits per heavy atom. The summed E-state index contributed by atoms with van der Waals surface area (Å²) in [6.07, 6.45) is 5.10. The molecule has 1 N–H and O–H groups in total. The predicted molar refractivity (Wildman–Crippen MR) is 90.0 cm³/mol. The van der Waals surface area contributed by atoms with Gasteiger partial charge >= 0.3 is 0 Å². The molecule has 0 aromatic heterocycles. The number of aliphatic imine (C=N–C) groups is 1. The standard InChI is InChI=1S/C16H34N4O/c1-5-7-11-19(3)16(17-6-2)18-10-12-20(13-14-21-4)15-8-9-15/h15H,5-14H2,1-4H3,(H,17,18). The van der Waals surface area contributed by atoms with Crippen LogP contribution in [0.3, 0.4) is 0 Å². The van der Waals surface area contributed by atoms with Crippen molar-refractivity contribution in [2.75, 3.05) is 53.5 Å². The first-order valence-electron chi connectivity index (χ1n) is 8.45. The molecule has 0 aromatic carbocycles. The number of hydrogen-bond acceptors (Lipinski definition) is 3. The van der Waals surface area contributed by atoms with E-state index in [4.69, 9.17) is 9.73 Å². The fraction of sp³-hybridized carbons (Fsp3) is 0.938. The van der Waals surface area contributed by atoms with Gasteiger partial charge in [-0.05, 0) is 26.2 Å². The van der Waals surface area contributed by atoms with Crippen LogP contribution in [0.25, 0.3) is 0 Å². The maximum absolute atomic E-state index is 5.20. The number of methoxy groups -OCH3 is 1. The highest BCUT2D eigenvalue weighted by Crippen LogP contribution is 2.26. The second-order valence-corrected chi connectivity index (χ2v) is 5.77. The van der Waals surface area contributed by atoms with Crippen molar-refractivity contribution < 1.29 is 4.74 Å². The average molecular weight is 298 g/mol. The zero-order valence-corrected chi connectivity index (χ0v) is 14.4. The summed E-state index contributed by atoms with van der Waals surface area (Å²) in [4.78, 5) is 9.53. The van der Waals surface area contributed by atoms with Crippen LogP contribution in [0.5, 0.6) is 0 Å². The fourth-order valence-corrected chi connectivity index (χ4v) is 2.38. The van der Waals surface area contributed by atoms with Gasteiger partial charge in [0.2, 0.25) is 0 Å². The van der Waals surface area contributed by atoms with Crippen molar-refractivity contribution >= 4 is 5.96 Å². The number of hydrogen-bond donors (Lipinski definition) is 1. The van der Waals surface area contributed by atoms with Gasteiger partial charge in [-0.1, -0.05) is 13.3 Å². The molecular formula is C16H34N4O. The van der Waals surface area contributed by atoms with E-state index in [0.29, 0.717) is 0 Å². The molecule has 0 aromatic rings. The van der Waals surface area contributed by atoms with Gasteiger partial charge in [0.25, 0.3) is 0 Å². The Balaban J connectivity index is 2.40. The summed E-state index contributed by atoms with van der Waals surface area (Å²) < 4.78 is 5.20. The molecule has 1 rings (SSSR count). The Labute approximate surface area is 130 Å². The molecule has 21 heavy (non-hydrogen) atoms. The van der Waals surface area contributed by atoms with E-state index in [9.17, 15) is 0 Å². The predicted octanol–water partition coefficient (Wildman–Crippen LogP) is 1.79. The average Bonchev–Trinajstić information content (AvgIpc) is 3.31. The maximum atomic E-state index is 5.20. The fourth-order valence-electron chi connectivity index (χ4n) is 2.38. The molecule has 0 amide bonds. The first kappa shape index (κ1) is 18.2. The molecule has 1 fully saturated rings. The van der Waals surface area contributed by atoms with Crippen LogP contribution in [0.1, 0.15) is 39.5 Å². The van der Waals surface area contributed by atoms with Crippen LogP contribution in [-0.2, 0) is 4.74 Å². The Morgan fingerprint density at radius 1 is 1.24 bits per heavy atom. The van der Waals surface area contributed by atoms with Crippen LogP contribution in [0.2, 0.25) is 0 Å². The van der Waals surface area contributed by atoms with Crippen molar-refractivity contribution in [3.8, 4) is 0 Å². The number of rotatable bonds is 11. The van der Waals surface area contributed by atoms with Crippen LogP contribution in [0.15, 0.2) is 4.99 Å². The third kappa shape index (κ3) is 7.67. The second-order valence-electron chi connectivity index (χ2n) is 5.77. The van der Waals surface area contributed by atoms with E-state index in [1.807, 2.05) is 0 Å². The van der Waals surface area contributed by atoms with Crippen molar-refractivity contribution in [2.24, 2.45) is 4.99 Å². The molecule has 0 spiro atoms. The van der Waals surface area contributed by atoms with Crippen LogP contribution >= 0.6 is 0 Å². The van der Waals surface area contributed by atoms with Crippen LogP contribution in [0, 0.1) is 0 Å². The van der Waals surface area contributed by atoms with Gasteiger partial charge in [0, 0.05) is 46.4 Å². The monoisotopic (exact) mass is 298 g/mol. The Morgan fingerprint density at radius 3 is 2.57 bits per heavy atom. The van der Waals surface area contributed by atoms with Gasteiger partial charge in [-0.25, -0.2) is 0 Å². The molecule has 5 heteroatoms. The number of nitrogens with one attached hydrogen (secondary N) is 1. The molecule has 0 atom stereocenters. The van der Waals surface area contributed by atoms with Gasteiger partial charge in [0.1, 0.15) is 0 Å². The lowest BCUT2D eigenvalue weighted by Crippen LogP contribution is -2.40. The van der Waals surface area contributed by atoms with E-state index in [-0.39, 0.29) is 0 Å². The number of unbranched alkanes of at least 4 members (excludes halogenated alkanes) is 1. The van der Waals surface area contributed by atoms with Gasteiger partial charge in [0.15, 0.2) is 5.96 Å². The molecule has 124 valence electrons. The van der Waals surface area contributed by atoms with Crippen molar-refractivity contribution in [3.05, 3.63) is 0 Å². The molecular weight excluding hydrogens is 264 g/mol. The number of ether oxygens (including phenoxy) is 1. The van der Waals surface area contributed by atoms with Crippen LogP contribution in [0.4, 0.5) is 0 Å². The van der Waals surface area contributed by atoms with Gasteiger partial charge in [-0.15, -0.1) is 0 Å². The van der Waals surface area contributed by atoms with Crippen molar-refractivity contribution in [2.45, 2.75) is 45.6 Å². The van der Waals surface area contributed by atoms with E-state index in [2.05, 4.69) is 36.0 Å². The van der Waals surface area contributed by atoms with Gasteiger partial charge < -0.3 is 15.0 Å². The zero-order valence-electron chi connectivity index (χ0n) is 14.4. The topological polar surface area (TPSA) is 40.1 Å². The number of guanidine groups is 1. The van der Waals surface area contributed by atoms with Crippen molar-refractivity contribution in [3.63, 3.8) is 0 Å². The summed E-state index contributed by atoms with van der Waals surface area (Å²) >= 11 is 0. The summed E-state index contributed by atoms with van der Waals surface area (Å²) in [7, 11) is 3.90. The van der Waals surface area contributed by atoms with Gasteiger partial charge in [-0.2, -0.15) is 0 Å².